The smallest absolute Gasteiger partial charge is 0.343 e. The first-order chi connectivity index (χ1) is 13.5. The largest absolute Gasteiger partial charge is 0.462 e. The summed E-state index contributed by atoms with van der Waals surface area (Å²) in [4.78, 5) is 24.6. The first-order valence-corrected chi connectivity index (χ1v) is 10.2. The summed E-state index contributed by atoms with van der Waals surface area (Å²) < 4.78 is 10.6. The van der Waals surface area contributed by atoms with Gasteiger partial charge in [-0.05, 0) is 36.8 Å². The van der Waals surface area contributed by atoms with Crippen molar-refractivity contribution in [2.45, 2.75) is 45.4 Å². The van der Waals surface area contributed by atoms with Crippen LogP contribution < -0.4 is 4.74 Å². The highest BCUT2D eigenvalue weighted by atomic mass is 35.5. The van der Waals surface area contributed by atoms with E-state index in [2.05, 4.69) is 6.92 Å². The highest BCUT2D eigenvalue weighted by molar-refractivity contribution is 6.37. The first-order valence-electron chi connectivity index (χ1n) is 9.46. The monoisotopic (exact) mass is 422 g/mol. The van der Waals surface area contributed by atoms with Crippen LogP contribution in [0.15, 0.2) is 42.5 Å². The van der Waals surface area contributed by atoms with Crippen LogP contribution in [0, 0.1) is 0 Å². The summed E-state index contributed by atoms with van der Waals surface area (Å²) in [6.07, 6.45) is 6.68. The summed E-state index contributed by atoms with van der Waals surface area (Å²) in [5.41, 5.74) is 0.510. The third-order valence-electron chi connectivity index (χ3n) is 4.18. The molecule has 0 heterocycles. The molecule has 150 valence electrons. The molecule has 0 aromatic heterocycles. The third-order valence-corrected chi connectivity index (χ3v) is 4.77. The maximum absolute atomic E-state index is 12.4. The van der Waals surface area contributed by atoms with Gasteiger partial charge in [-0.2, -0.15) is 0 Å². The summed E-state index contributed by atoms with van der Waals surface area (Å²) in [6.45, 7) is 2.55. The molecule has 0 atom stereocenters. The van der Waals surface area contributed by atoms with Crippen molar-refractivity contribution in [2.75, 3.05) is 6.61 Å². The molecule has 0 radical (unpaired) electrons. The lowest BCUT2D eigenvalue weighted by Crippen LogP contribution is -2.12. The molecule has 2 aromatic rings. The number of benzene rings is 2. The lowest BCUT2D eigenvalue weighted by atomic mass is 10.1. The number of halogens is 2. The highest BCUT2D eigenvalue weighted by Crippen LogP contribution is 2.33. The Morgan fingerprint density at radius 1 is 0.821 bits per heavy atom. The van der Waals surface area contributed by atoms with Crippen molar-refractivity contribution >= 4 is 35.1 Å². The molecule has 0 saturated carbocycles. The molecule has 4 nitrogen and oxygen atoms in total. The van der Waals surface area contributed by atoms with Crippen LogP contribution >= 0.6 is 23.2 Å². The number of carbonyl (C=O) groups excluding carboxylic acids is 2. The van der Waals surface area contributed by atoms with Gasteiger partial charge in [0.25, 0.3) is 0 Å². The second-order valence-electron chi connectivity index (χ2n) is 6.42. The van der Waals surface area contributed by atoms with Crippen molar-refractivity contribution in [3.8, 4) is 5.75 Å². The maximum Gasteiger partial charge on any atom is 0.343 e. The molecule has 2 rings (SSSR count). The van der Waals surface area contributed by atoms with Crippen LogP contribution in [0.1, 0.15) is 66.2 Å². The molecule has 0 aliphatic heterocycles. The fourth-order valence-corrected chi connectivity index (χ4v) is 3.11. The number of carbonyl (C=O) groups is 2. The normalized spacial score (nSPS) is 10.5. The van der Waals surface area contributed by atoms with Gasteiger partial charge in [-0.15, -0.1) is 0 Å². The Bertz CT molecular complexity index is 785. The molecule has 0 aliphatic rings. The van der Waals surface area contributed by atoms with E-state index < -0.39 is 11.9 Å². The Morgan fingerprint density at radius 3 is 2.07 bits per heavy atom. The Kier molecular flexibility index (Phi) is 9.32. The van der Waals surface area contributed by atoms with Gasteiger partial charge in [0.15, 0.2) is 5.75 Å². The van der Waals surface area contributed by atoms with Crippen LogP contribution in [0.3, 0.4) is 0 Å². The van der Waals surface area contributed by atoms with Crippen LogP contribution in [0.25, 0.3) is 0 Å². The zero-order valence-electron chi connectivity index (χ0n) is 15.9. The zero-order chi connectivity index (χ0) is 20.4. The second kappa shape index (κ2) is 11.7. The molecule has 0 spiro atoms. The molecule has 0 bridgehead atoms. The molecule has 0 amide bonds. The Morgan fingerprint density at radius 2 is 1.39 bits per heavy atom. The summed E-state index contributed by atoms with van der Waals surface area (Å²) in [5.74, 6) is -1.02. The van der Waals surface area contributed by atoms with Crippen molar-refractivity contribution in [3.05, 3.63) is 63.6 Å². The van der Waals surface area contributed by atoms with Crippen LogP contribution in [0.4, 0.5) is 0 Å². The van der Waals surface area contributed by atoms with E-state index in [0.29, 0.717) is 12.2 Å². The van der Waals surface area contributed by atoms with Crippen molar-refractivity contribution in [2.24, 2.45) is 0 Å². The predicted molar refractivity (Wildman–Crippen MR) is 112 cm³/mol. The molecule has 28 heavy (non-hydrogen) atoms. The molecule has 2 aromatic carbocycles. The molecule has 0 aliphatic carbocycles. The van der Waals surface area contributed by atoms with Gasteiger partial charge in [-0.3, -0.25) is 0 Å². The highest BCUT2D eigenvalue weighted by Gasteiger charge is 2.16. The van der Waals surface area contributed by atoms with Gasteiger partial charge in [-0.25, -0.2) is 9.59 Å². The van der Waals surface area contributed by atoms with Crippen LogP contribution in [-0.2, 0) is 4.74 Å². The van der Waals surface area contributed by atoms with Gasteiger partial charge in [-0.1, -0.05) is 74.4 Å². The Hall–Kier alpha value is -2.04. The SMILES string of the molecule is CCCCCCCCOC(=O)c1cccc(C(=O)Oc2c(Cl)cccc2Cl)c1. The number of ether oxygens (including phenoxy) is 2. The maximum atomic E-state index is 12.4. The second-order valence-corrected chi connectivity index (χ2v) is 7.24. The Balaban J connectivity index is 1.90. The van der Waals surface area contributed by atoms with Crippen molar-refractivity contribution in [1.29, 1.82) is 0 Å². The van der Waals surface area contributed by atoms with E-state index in [9.17, 15) is 9.59 Å². The van der Waals surface area contributed by atoms with Crippen LogP contribution in [-0.4, -0.2) is 18.5 Å². The molecule has 0 fully saturated rings. The standard InChI is InChI=1S/C22H24Cl2O4/c1-2-3-4-5-6-7-14-27-21(25)16-10-8-11-17(15-16)22(26)28-20-18(23)12-9-13-19(20)24/h8-13,15H,2-7,14H2,1H3. The predicted octanol–water partition coefficient (Wildman–Crippen LogP) is 6.73. The number of esters is 2. The Labute approximate surface area is 175 Å². The molecular formula is C22H24Cl2O4. The molecule has 0 unspecified atom stereocenters. The quantitative estimate of drug-likeness (QED) is 0.242. The lowest BCUT2D eigenvalue weighted by Gasteiger charge is -2.09. The van der Waals surface area contributed by atoms with Crippen molar-refractivity contribution < 1.29 is 19.1 Å². The summed E-state index contributed by atoms with van der Waals surface area (Å²) in [6, 6.07) is 11.0. The van der Waals surface area contributed by atoms with Gasteiger partial charge in [0.2, 0.25) is 0 Å². The third kappa shape index (κ3) is 6.84. The minimum Gasteiger partial charge on any atom is -0.462 e. The molecule has 0 N–H and O–H groups in total. The van der Waals surface area contributed by atoms with E-state index >= 15 is 0 Å². The van der Waals surface area contributed by atoms with E-state index in [1.54, 1.807) is 36.4 Å². The topological polar surface area (TPSA) is 52.6 Å². The fraction of sp³-hybridized carbons (Fsp3) is 0.364. The van der Waals surface area contributed by atoms with E-state index in [1.807, 2.05) is 0 Å². The van der Waals surface area contributed by atoms with E-state index in [4.69, 9.17) is 32.7 Å². The average Bonchev–Trinajstić information content (AvgIpc) is 2.70. The number of unbranched alkanes of at least 4 members (excludes halogenated alkanes) is 5. The first kappa shape index (κ1) is 22.3. The molecular weight excluding hydrogens is 399 g/mol. The van der Waals surface area contributed by atoms with Crippen LogP contribution in [0.2, 0.25) is 10.0 Å². The summed E-state index contributed by atoms with van der Waals surface area (Å²) >= 11 is 12.0. The van der Waals surface area contributed by atoms with Crippen molar-refractivity contribution in [1.82, 2.24) is 0 Å². The van der Waals surface area contributed by atoms with E-state index in [1.165, 1.54) is 25.3 Å². The number of rotatable bonds is 10. The number of hydrogen-bond donors (Lipinski definition) is 0. The van der Waals surface area contributed by atoms with Gasteiger partial charge < -0.3 is 9.47 Å². The van der Waals surface area contributed by atoms with E-state index in [-0.39, 0.29) is 21.4 Å². The van der Waals surface area contributed by atoms with Crippen molar-refractivity contribution in [3.63, 3.8) is 0 Å². The minimum absolute atomic E-state index is 0.0897. The van der Waals surface area contributed by atoms with Gasteiger partial charge in [0.05, 0.1) is 27.8 Å². The molecule has 6 heteroatoms. The van der Waals surface area contributed by atoms with Gasteiger partial charge >= 0.3 is 11.9 Å². The lowest BCUT2D eigenvalue weighted by molar-refractivity contribution is 0.0497. The summed E-state index contributed by atoms with van der Waals surface area (Å²) in [7, 11) is 0. The fourth-order valence-electron chi connectivity index (χ4n) is 2.64. The van der Waals surface area contributed by atoms with Gasteiger partial charge in [0, 0.05) is 0 Å². The van der Waals surface area contributed by atoms with Gasteiger partial charge in [0.1, 0.15) is 0 Å². The average molecular weight is 423 g/mol. The molecule has 0 saturated heterocycles. The zero-order valence-corrected chi connectivity index (χ0v) is 17.4. The number of para-hydroxylation sites is 1. The minimum atomic E-state index is -0.652. The van der Waals surface area contributed by atoms with Crippen LogP contribution in [0.5, 0.6) is 5.75 Å². The van der Waals surface area contributed by atoms with E-state index in [0.717, 1.165) is 19.3 Å². The summed E-state index contributed by atoms with van der Waals surface area (Å²) in [5, 5.41) is 0.464. The number of hydrogen-bond acceptors (Lipinski definition) is 4.